The minimum absolute atomic E-state index is 0.0844. The van der Waals surface area contributed by atoms with Crippen molar-refractivity contribution in [3.05, 3.63) is 65.7 Å². The number of carbonyl (C=O) groups excluding carboxylic acids is 2. The number of anilines is 1. The van der Waals surface area contributed by atoms with Gasteiger partial charge in [-0.25, -0.2) is 0 Å². The maximum absolute atomic E-state index is 11.9. The summed E-state index contributed by atoms with van der Waals surface area (Å²) in [6, 6.07) is 16.4. The summed E-state index contributed by atoms with van der Waals surface area (Å²) in [5, 5.41) is 14.5. The normalized spacial score (nSPS) is 10.2. The molecule has 3 N–H and O–H groups in total. The molecule has 0 fully saturated rings. The van der Waals surface area contributed by atoms with Gasteiger partial charge in [0, 0.05) is 30.8 Å². The molecular weight excluding hydrogens is 304 g/mol. The van der Waals surface area contributed by atoms with E-state index >= 15 is 0 Å². The minimum atomic E-state index is -0.129. The van der Waals surface area contributed by atoms with Gasteiger partial charge in [0.1, 0.15) is 0 Å². The lowest BCUT2D eigenvalue weighted by atomic mass is 10.1. The van der Waals surface area contributed by atoms with Gasteiger partial charge in [-0.05, 0) is 42.7 Å². The molecule has 0 aliphatic carbocycles. The number of aliphatic hydroxyl groups is 1. The summed E-state index contributed by atoms with van der Waals surface area (Å²) in [6.07, 6.45) is 1.52. The van der Waals surface area contributed by atoms with Gasteiger partial charge in [-0.1, -0.05) is 30.3 Å². The quantitative estimate of drug-likeness (QED) is 0.652. The van der Waals surface area contributed by atoms with Crippen LogP contribution in [0.3, 0.4) is 0 Å². The third-order valence-electron chi connectivity index (χ3n) is 3.54. The van der Waals surface area contributed by atoms with Crippen LogP contribution in [0.2, 0.25) is 0 Å². The first-order valence-corrected chi connectivity index (χ1v) is 8.02. The van der Waals surface area contributed by atoms with E-state index < -0.39 is 0 Å². The third kappa shape index (κ3) is 5.85. The average Bonchev–Trinajstić information content (AvgIpc) is 2.61. The Morgan fingerprint density at radius 2 is 1.67 bits per heavy atom. The van der Waals surface area contributed by atoms with E-state index in [0.717, 1.165) is 11.3 Å². The van der Waals surface area contributed by atoms with Gasteiger partial charge < -0.3 is 15.7 Å². The van der Waals surface area contributed by atoms with Gasteiger partial charge in [0.05, 0.1) is 0 Å². The van der Waals surface area contributed by atoms with Crippen LogP contribution in [-0.4, -0.2) is 30.1 Å². The van der Waals surface area contributed by atoms with E-state index in [2.05, 4.69) is 10.6 Å². The van der Waals surface area contributed by atoms with Crippen molar-refractivity contribution in [2.24, 2.45) is 0 Å². The van der Waals surface area contributed by atoms with Crippen LogP contribution in [-0.2, 0) is 11.2 Å². The Labute approximate surface area is 141 Å². The van der Waals surface area contributed by atoms with E-state index in [-0.39, 0.29) is 18.4 Å². The average molecular weight is 326 g/mol. The predicted molar refractivity (Wildman–Crippen MR) is 93.9 cm³/mol. The fraction of sp³-hybridized carbons (Fsp3) is 0.263. The molecule has 2 amide bonds. The van der Waals surface area contributed by atoms with Crippen molar-refractivity contribution < 1.29 is 14.7 Å². The highest BCUT2D eigenvalue weighted by molar-refractivity contribution is 5.94. The fourth-order valence-corrected chi connectivity index (χ4v) is 2.25. The molecule has 24 heavy (non-hydrogen) atoms. The second-order valence-corrected chi connectivity index (χ2v) is 5.44. The minimum Gasteiger partial charge on any atom is -0.396 e. The Morgan fingerprint density at radius 3 is 2.33 bits per heavy atom. The number of hydrogen-bond acceptors (Lipinski definition) is 3. The summed E-state index contributed by atoms with van der Waals surface area (Å²) < 4.78 is 0. The molecule has 0 saturated heterocycles. The lowest BCUT2D eigenvalue weighted by Crippen LogP contribution is -2.25. The lowest BCUT2D eigenvalue weighted by Gasteiger charge is -2.07. The van der Waals surface area contributed by atoms with Crippen LogP contribution in [0.25, 0.3) is 0 Å². The van der Waals surface area contributed by atoms with E-state index in [9.17, 15) is 9.59 Å². The van der Waals surface area contributed by atoms with Crippen molar-refractivity contribution in [3.63, 3.8) is 0 Å². The first-order valence-electron chi connectivity index (χ1n) is 8.02. The summed E-state index contributed by atoms with van der Waals surface area (Å²) in [5.41, 5.74) is 2.37. The van der Waals surface area contributed by atoms with E-state index in [1.54, 1.807) is 12.1 Å². The molecule has 0 heterocycles. The number of rotatable bonds is 8. The third-order valence-corrected chi connectivity index (χ3v) is 3.54. The number of nitrogens with one attached hydrogen (secondary N) is 2. The molecule has 0 spiro atoms. The van der Waals surface area contributed by atoms with Gasteiger partial charge in [0.25, 0.3) is 5.91 Å². The van der Waals surface area contributed by atoms with Crippen molar-refractivity contribution in [1.29, 1.82) is 0 Å². The van der Waals surface area contributed by atoms with Gasteiger partial charge in [0.15, 0.2) is 0 Å². The number of hydrogen-bond donors (Lipinski definition) is 3. The monoisotopic (exact) mass is 326 g/mol. The Morgan fingerprint density at radius 1 is 0.958 bits per heavy atom. The van der Waals surface area contributed by atoms with Gasteiger partial charge >= 0.3 is 0 Å². The molecule has 0 bridgehead atoms. The molecular formula is C19H22N2O3. The zero-order chi connectivity index (χ0) is 17.2. The number of carbonyl (C=O) groups is 2. The molecule has 5 heteroatoms. The van der Waals surface area contributed by atoms with Crippen molar-refractivity contribution >= 4 is 17.5 Å². The number of aliphatic hydroxyl groups excluding tert-OH is 1. The zero-order valence-electron chi connectivity index (χ0n) is 13.5. The highest BCUT2D eigenvalue weighted by Gasteiger charge is 2.05. The van der Waals surface area contributed by atoms with Crippen LogP contribution in [0.4, 0.5) is 5.69 Å². The molecule has 0 aliphatic rings. The molecule has 0 radical (unpaired) electrons. The molecule has 0 atom stereocenters. The summed E-state index contributed by atoms with van der Waals surface area (Å²) in [4.78, 5) is 23.7. The topological polar surface area (TPSA) is 78.4 Å². The van der Waals surface area contributed by atoms with E-state index in [0.29, 0.717) is 31.4 Å². The van der Waals surface area contributed by atoms with Crippen LogP contribution in [0.5, 0.6) is 0 Å². The van der Waals surface area contributed by atoms with Crippen molar-refractivity contribution in [1.82, 2.24) is 5.32 Å². The summed E-state index contributed by atoms with van der Waals surface area (Å²) in [5.74, 6) is -0.214. The Hall–Kier alpha value is -2.66. The molecule has 2 aromatic carbocycles. The van der Waals surface area contributed by atoms with Gasteiger partial charge in [-0.15, -0.1) is 0 Å². The van der Waals surface area contributed by atoms with E-state index in [1.165, 1.54) is 0 Å². The molecule has 2 aromatic rings. The zero-order valence-corrected chi connectivity index (χ0v) is 13.5. The first-order chi connectivity index (χ1) is 11.7. The molecule has 0 aromatic heterocycles. The van der Waals surface area contributed by atoms with Gasteiger partial charge in [-0.3, -0.25) is 9.59 Å². The van der Waals surface area contributed by atoms with Crippen molar-refractivity contribution in [2.45, 2.75) is 19.3 Å². The van der Waals surface area contributed by atoms with Crippen molar-refractivity contribution in [3.8, 4) is 0 Å². The summed E-state index contributed by atoms with van der Waals surface area (Å²) in [7, 11) is 0. The van der Waals surface area contributed by atoms with E-state index in [1.807, 2.05) is 42.5 Å². The standard InChI is InChI=1S/C19H22N2O3/c22-14-12-15-8-10-17(11-9-15)21-18(23)7-4-13-20-19(24)16-5-2-1-3-6-16/h1-3,5-6,8-11,22H,4,7,12-14H2,(H,20,24)(H,21,23). The molecule has 5 nitrogen and oxygen atoms in total. The molecule has 2 rings (SSSR count). The second-order valence-electron chi connectivity index (χ2n) is 5.44. The maximum Gasteiger partial charge on any atom is 0.251 e. The molecule has 0 saturated carbocycles. The maximum atomic E-state index is 11.9. The molecule has 0 unspecified atom stereocenters. The van der Waals surface area contributed by atoms with Gasteiger partial charge in [0.2, 0.25) is 5.91 Å². The summed E-state index contributed by atoms with van der Waals surface area (Å²) >= 11 is 0. The number of benzene rings is 2. The number of amides is 2. The van der Waals surface area contributed by atoms with Crippen LogP contribution in [0.15, 0.2) is 54.6 Å². The summed E-state index contributed by atoms with van der Waals surface area (Å²) in [6.45, 7) is 0.566. The van der Waals surface area contributed by atoms with Crippen molar-refractivity contribution in [2.75, 3.05) is 18.5 Å². The lowest BCUT2D eigenvalue weighted by molar-refractivity contribution is -0.116. The Bertz CT molecular complexity index is 654. The largest absolute Gasteiger partial charge is 0.396 e. The molecule has 126 valence electrons. The highest BCUT2D eigenvalue weighted by Crippen LogP contribution is 2.10. The Balaban J connectivity index is 1.67. The smallest absolute Gasteiger partial charge is 0.251 e. The van der Waals surface area contributed by atoms with Crippen LogP contribution < -0.4 is 10.6 Å². The van der Waals surface area contributed by atoms with E-state index in [4.69, 9.17) is 5.11 Å². The van der Waals surface area contributed by atoms with Crippen LogP contribution >= 0.6 is 0 Å². The highest BCUT2D eigenvalue weighted by atomic mass is 16.3. The first kappa shape index (κ1) is 17.7. The predicted octanol–water partition coefficient (Wildman–Crippen LogP) is 2.37. The SMILES string of the molecule is O=C(CCCNC(=O)c1ccccc1)Nc1ccc(CCO)cc1. The molecule has 0 aliphatic heterocycles. The Kier molecular flexibility index (Phi) is 6.98. The second kappa shape index (κ2) is 9.47. The fourth-order valence-electron chi connectivity index (χ4n) is 2.25. The van der Waals surface area contributed by atoms with Crippen LogP contribution in [0.1, 0.15) is 28.8 Å². The van der Waals surface area contributed by atoms with Crippen LogP contribution in [0, 0.1) is 0 Å². The van der Waals surface area contributed by atoms with Gasteiger partial charge in [-0.2, -0.15) is 0 Å².